The summed E-state index contributed by atoms with van der Waals surface area (Å²) in [5.41, 5.74) is -1.09. The van der Waals surface area contributed by atoms with E-state index in [4.69, 9.17) is 4.74 Å². The maximum atomic E-state index is 11.8. The Bertz CT molecular complexity index is 265. The number of nitrogens with one attached hydrogen (secondary N) is 2. The summed E-state index contributed by atoms with van der Waals surface area (Å²) in [6.07, 6.45) is -3.73. The zero-order chi connectivity index (χ0) is 12.9. The number of alkyl halides is 3. The number of carbonyl (C=O) groups excluding carboxylic acids is 1. The third-order valence-corrected chi connectivity index (χ3v) is 2.45. The van der Waals surface area contributed by atoms with E-state index < -0.39 is 24.4 Å². The van der Waals surface area contributed by atoms with Crippen LogP contribution in [0.5, 0.6) is 0 Å². The van der Waals surface area contributed by atoms with Gasteiger partial charge in [-0.15, -0.1) is 0 Å². The van der Waals surface area contributed by atoms with Crippen molar-refractivity contribution in [1.82, 2.24) is 10.6 Å². The van der Waals surface area contributed by atoms with Crippen LogP contribution in [0.3, 0.4) is 0 Å². The van der Waals surface area contributed by atoms with Gasteiger partial charge in [-0.3, -0.25) is 0 Å². The van der Waals surface area contributed by atoms with E-state index in [-0.39, 0.29) is 6.54 Å². The summed E-state index contributed by atoms with van der Waals surface area (Å²) in [6, 6.07) is -0.942. The number of hydrogen-bond acceptors (Lipinski definition) is 3. The number of carbonyl (C=O) groups is 1. The Kier molecular flexibility index (Phi) is 4.58. The molecule has 17 heavy (non-hydrogen) atoms. The van der Waals surface area contributed by atoms with Crippen molar-refractivity contribution in [3.05, 3.63) is 0 Å². The molecule has 0 spiro atoms. The molecule has 2 amide bonds. The summed E-state index contributed by atoms with van der Waals surface area (Å²) in [5.74, 6) is 0. The van der Waals surface area contributed by atoms with Crippen molar-refractivity contribution in [2.45, 2.75) is 24.6 Å². The van der Waals surface area contributed by atoms with Crippen LogP contribution in [0.4, 0.5) is 18.0 Å². The molecule has 1 saturated heterocycles. The topological polar surface area (TPSA) is 70.6 Å². The number of rotatable bonds is 3. The van der Waals surface area contributed by atoms with Crippen molar-refractivity contribution in [3.8, 4) is 0 Å². The normalized spacial score (nSPS) is 19.8. The monoisotopic (exact) mass is 256 g/mol. The van der Waals surface area contributed by atoms with E-state index in [1.54, 1.807) is 5.32 Å². The van der Waals surface area contributed by atoms with Crippen LogP contribution in [0, 0.1) is 0 Å². The molecule has 0 aromatic carbocycles. The van der Waals surface area contributed by atoms with Crippen molar-refractivity contribution in [2.75, 3.05) is 26.3 Å². The first-order valence-electron chi connectivity index (χ1n) is 5.19. The van der Waals surface area contributed by atoms with Crippen molar-refractivity contribution in [2.24, 2.45) is 0 Å². The molecule has 1 rings (SSSR count). The smallest absolute Gasteiger partial charge is 0.388 e. The second kappa shape index (κ2) is 5.54. The molecule has 8 heteroatoms. The number of amides is 2. The molecule has 0 saturated carbocycles. The van der Waals surface area contributed by atoms with Gasteiger partial charge in [0.25, 0.3) is 0 Å². The van der Waals surface area contributed by atoms with E-state index in [0.29, 0.717) is 26.1 Å². The van der Waals surface area contributed by atoms with Gasteiger partial charge in [-0.25, -0.2) is 4.79 Å². The Morgan fingerprint density at radius 3 is 2.41 bits per heavy atom. The molecule has 5 nitrogen and oxygen atoms in total. The predicted molar refractivity (Wildman–Crippen MR) is 52.5 cm³/mol. The number of ether oxygens (including phenoxy) is 1. The molecule has 0 atom stereocenters. The average molecular weight is 256 g/mol. The van der Waals surface area contributed by atoms with Crippen LogP contribution in [0.25, 0.3) is 0 Å². The molecule has 1 heterocycles. The first-order valence-corrected chi connectivity index (χ1v) is 5.19. The molecule has 1 aliphatic heterocycles. The highest BCUT2D eigenvalue weighted by Crippen LogP contribution is 2.19. The fourth-order valence-corrected chi connectivity index (χ4v) is 1.42. The highest BCUT2D eigenvalue weighted by molar-refractivity contribution is 5.73. The van der Waals surface area contributed by atoms with Crippen LogP contribution in [-0.4, -0.2) is 49.2 Å². The highest BCUT2D eigenvalue weighted by atomic mass is 19.4. The van der Waals surface area contributed by atoms with Crippen molar-refractivity contribution in [3.63, 3.8) is 0 Å². The van der Waals surface area contributed by atoms with E-state index in [0.717, 1.165) is 0 Å². The lowest BCUT2D eigenvalue weighted by atomic mass is 9.94. The minimum absolute atomic E-state index is 0.0833. The lowest BCUT2D eigenvalue weighted by molar-refractivity contribution is -0.122. The molecule has 0 unspecified atom stereocenters. The second-order valence-electron chi connectivity index (χ2n) is 3.99. The molecular formula is C9H15F3N2O3. The zero-order valence-corrected chi connectivity index (χ0v) is 9.14. The SMILES string of the molecule is O=C(NCC(F)(F)F)NCC1(O)CCOCC1. The van der Waals surface area contributed by atoms with E-state index in [1.165, 1.54) is 0 Å². The highest BCUT2D eigenvalue weighted by Gasteiger charge is 2.31. The predicted octanol–water partition coefficient (Wildman–Crippen LogP) is 0.389. The van der Waals surface area contributed by atoms with Gasteiger partial charge in [-0.2, -0.15) is 13.2 Å². The molecule has 1 aliphatic rings. The quantitative estimate of drug-likeness (QED) is 0.684. The largest absolute Gasteiger partial charge is 0.405 e. The van der Waals surface area contributed by atoms with E-state index in [1.807, 2.05) is 0 Å². The van der Waals surface area contributed by atoms with Gasteiger partial charge in [-0.1, -0.05) is 0 Å². The second-order valence-corrected chi connectivity index (χ2v) is 3.99. The third-order valence-electron chi connectivity index (χ3n) is 2.45. The van der Waals surface area contributed by atoms with Gasteiger partial charge >= 0.3 is 12.2 Å². The fraction of sp³-hybridized carbons (Fsp3) is 0.889. The maximum Gasteiger partial charge on any atom is 0.405 e. The lowest BCUT2D eigenvalue weighted by Crippen LogP contribution is -2.50. The van der Waals surface area contributed by atoms with Crippen molar-refractivity contribution < 1.29 is 27.8 Å². The standard InChI is InChI=1S/C9H15F3N2O3/c10-9(11,12)6-14-7(15)13-5-8(16)1-3-17-4-2-8/h16H,1-6H2,(H2,13,14,15). The van der Waals surface area contributed by atoms with Crippen LogP contribution >= 0.6 is 0 Å². The Balaban J connectivity index is 2.23. The van der Waals surface area contributed by atoms with Gasteiger partial charge in [0.15, 0.2) is 0 Å². The van der Waals surface area contributed by atoms with Crippen molar-refractivity contribution >= 4 is 6.03 Å². The van der Waals surface area contributed by atoms with Gasteiger partial charge < -0.3 is 20.5 Å². The summed E-state index contributed by atoms with van der Waals surface area (Å²) in [7, 11) is 0. The molecule has 0 aliphatic carbocycles. The number of aliphatic hydroxyl groups is 1. The molecule has 0 aromatic heterocycles. The van der Waals surface area contributed by atoms with Gasteiger partial charge in [0, 0.05) is 32.6 Å². The van der Waals surface area contributed by atoms with E-state index in [9.17, 15) is 23.1 Å². The first-order chi connectivity index (χ1) is 7.81. The van der Waals surface area contributed by atoms with Gasteiger partial charge in [0.2, 0.25) is 0 Å². The van der Waals surface area contributed by atoms with Crippen LogP contribution < -0.4 is 10.6 Å². The summed E-state index contributed by atoms with van der Waals surface area (Å²) in [5, 5.41) is 13.8. The summed E-state index contributed by atoms with van der Waals surface area (Å²) < 4.78 is 40.4. The summed E-state index contributed by atoms with van der Waals surface area (Å²) in [4.78, 5) is 11.0. The summed E-state index contributed by atoms with van der Waals surface area (Å²) in [6.45, 7) is -0.717. The molecule has 0 bridgehead atoms. The fourth-order valence-electron chi connectivity index (χ4n) is 1.42. The minimum atomic E-state index is -4.44. The average Bonchev–Trinajstić information content (AvgIpc) is 2.24. The molecule has 0 radical (unpaired) electrons. The lowest BCUT2D eigenvalue weighted by Gasteiger charge is -2.32. The van der Waals surface area contributed by atoms with E-state index >= 15 is 0 Å². The van der Waals surface area contributed by atoms with Crippen LogP contribution in [0.1, 0.15) is 12.8 Å². The van der Waals surface area contributed by atoms with Crippen LogP contribution in [-0.2, 0) is 4.74 Å². The number of halogens is 3. The number of urea groups is 1. The summed E-state index contributed by atoms with van der Waals surface area (Å²) >= 11 is 0. The Hall–Kier alpha value is -1.02. The maximum absolute atomic E-state index is 11.8. The van der Waals surface area contributed by atoms with Crippen LogP contribution in [0.2, 0.25) is 0 Å². The molecule has 1 fully saturated rings. The Labute approximate surface area is 96.3 Å². The molecule has 3 N–H and O–H groups in total. The van der Waals surface area contributed by atoms with Crippen LogP contribution in [0.15, 0.2) is 0 Å². The first kappa shape index (κ1) is 14.0. The molecule has 100 valence electrons. The van der Waals surface area contributed by atoms with Gasteiger partial charge in [0.1, 0.15) is 6.54 Å². The number of hydrogen-bond donors (Lipinski definition) is 3. The zero-order valence-electron chi connectivity index (χ0n) is 9.14. The Morgan fingerprint density at radius 1 is 1.29 bits per heavy atom. The van der Waals surface area contributed by atoms with Crippen molar-refractivity contribution in [1.29, 1.82) is 0 Å². The van der Waals surface area contributed by atoms with Gasteiger partial charge in [0.05, 0.1) is 5.60 Å². The van der Waals surface area contributed by atoms with E-state index in [2.05, 4.69) is 5.32 Å². The Morgan fingerprint density at radius 2 is 1.88 bits per heavy atom. The van der Waals surface area contributed by atoms with Gasteiger partial charge in [-0.05, 0) is 0 Å². The minimum Gasteiger partial charge on any atom is -0.388 e. The molecule has 0 aromatic rings. The third kappa shape index (κ3) is 5.73. The molecular weight excluding hydrogens is 241 g/mol.